The van der Waals surface area contributed by atoms with Crippen molar-refractivity contribution in [1.29, 1.82) is 0 Å². The molecule has 4 rings (SSSR count). The third kappa shape index (κ3) is 5.98. The highest BCUT2D eigenvalue weighted by Crippen LogP contribution is 2.39. The van der Waals surface area contributed by atoms with Gasteiger partial charge in [-0.2, -0.15) is 0 Å². The summed E-state index contributed by atoms with van der Waals surface area (Å²) in [6, 6.07) is 20.7. The van der Waals surface area contributed by atoms with Crippen LogP contribution in [0.4, 0.5) is 0 Å². The molecule has 0 amide bonds. The van der Waals surface area contributed by atoms with Crippen LogP contribution in [0.15, 0.2) is 71.9 Å². The number of ether oxygens (including phenoxy) is 2. The summed E-state index contributed by atoms with van der Waals surface area (Å²) >= 11 is 7.52. The number of halogens is 1. The molecule has 0 N–H and O–H groups in total. The molecular weight excluding hydrogens is 500 g/mol. The van der Waals surface area contributed by atoms with Crippen LogP contribution >= 0.6 is 23.4 Å². The lowest BCUT2D eigenvalue weighted by atomic mass is 10.1. The van der Waals surface area contributed by atoms with Crippen molar-refractivity contribution in [2.24, 2.45) is 0 Å². The number of hydrogen-bond acceptors (Lipinski definition) is 7. The number of benzene rings is 3. The lowest BCUT2D eigenvalue weighted by Gasteiger charge is -2.17. The first-order valence-corrected chi connectivity index (χ1v) is 12.4. The van der Waals surface area contributed by atoms with E-state index in [1.165, 1.54) is 18.9 Å². The van der Waals surface area contributed by atoms with Crippen molar-refractivity contribution in [3.8, 4) is 17.2 Å². The van der Waals surface area contributed by atoms with Gasteiger partial charge in [-0.3, -0.25) is 14.7 Å². The highest BCUT2D eigenvalue weighted by Gasteiger charge is 2.25. The summed E-state index contributed by atoms with van der Waals surface area (Å²) in [5, 5.41) is 20.8. The molecular formula is C26H25ClN4O4S. The Balaban J connectivity index is 1.62. The van der Waals surface area contributed by atoms with E-state index in [0.717, 1.165) is 22.4 Å². The highest BCUT2D eigenvalue weighted by molar-refractivity contribution is 7.99. The van der Waals surface area contributed by atoms with Gasteiger partial charge in [0.15, 0.2) is 16.7 Å². The summed E-state index contributed by atoms with van der Waals surface area (Å²) in [5.74, 6) is 1.69. The first-order valence-electron chi connectivity index (χ1n) is 11.2. The Kier molecular flexibility index (Phi) is 8.12. The molecule has 0 saturated carbocycles. The zero-order chi connectivity index (χ0) is 25.7. The summed E-state index contributed by atoms with van der Waals surface area (Å²) in [5.41, 5.74) is 3.56. The molecule has 0 saturated heterocycles. The Morgan fingerprint density at radius 1 is 1.06 bits per heavy atom. The lowest BCUT2D eigenvalue weighted by molar-refractivity contribution is -0.479. The average Bonchev–Trinajstić information content (AvgIpc) is 3.22. The third-order valence-corrected chi connectivity index (χ3v) is 7.07. The van der Waals surface area contributed by atoms with E-state index in [1.54, 1.807) is 18.2 Å². The van der Waals surface area contributed by atoms with Gasteiger partial charge in [0.05, 0.1) is 7.11 Å². The van der Waals surface area contributed by atoms with Crippen molar-refractivity contribution in [1.82, 2.24) is 14.8 Å². The smallest absolute Gasteiger partial charge is 0.220 e. The molecule has 0 radical (unpaired) electrons. The normalized spacial score (nSPS) is 11.8. The van der Waals surface area contributed by atoms with Crippen LogP contribution < -0.4 is 9.47 Å². The fraction of sp³-hybridized carbons (Fsp3) is 0.231. The number of rotatable bonds is 10. The molecule has 0 aliphatic heterocycles. The molecule has 4 aromatic rings. The second-order valence-electron chi connectivity index (χ2n) is 8.12. The van der Waals surface area contributed by atoms with Crippen molar-refractivity contribution in [3.63, 3.8) is 0 Å². The van der Waals surface area contributed by atoms with E-state index in [-0.39, 0.29) is 18.1 Å². The van der Waals surface area contributed by atoms with Gasteiger partial charge in [-0.05, 0) is 55.3 Å². The number of aryl methyl sites for hydroxylation is 2. The minimum atomic E-state index is -0.529. The van der Waals surface area contributed by atoms with Crippen molar-refractivity contribution < 1.29 is 14.4 Å². The van der Waals surface area contributed by atoms with Crippen LogP contribution in [-0.2, 0) is 6.61 Å². The van der Waals surface area contributed by atoms with Crippen LogP contribution in [0.3, 0.4) is 0 Å². The van der Waals surface area contributed by atoms with E-state index in [4.69, 9.17) is 21.1 Å². The van der Waals surface area contributed by atoms with E-state index >= 15 is 0 Å². The van der Waals surface area contributed by atoms with Gasteiger partial charge in [-0.15, -0.1) is 10.2 Å². The topological polar surface area (TPSA) is 92.3 Å². The minimum Gasteiger partial charge on any atom is -0.493 e. The lowest BCUT2D eigenvalue weighted by Crippen LogP contribution is -2.11. The molecule has 1 aromatic heterocycles. The Hall–Kier alpha value is -3.56. The highest BCUT2D eigenvalue weighted by atomic mass is 35.5. The van der Waals surface area contributed by atoms with Gasteiger partial charge in [0.2, 0.25) is 6.54 Å². The van der Waals surface area contributed by atoms with Crippen LogP contribution in [0.1, 0.15) is 27.8 Å². The fourth-order valence-electron chi connectivity index (χ4n) is 3.73. The molecule has 0 bridgehead atoms. The zero-order valence-electron chi connectivity index (χ0n) is 20.1. The van der Waals surface area contributed by atoms with Crippen molar-refractivity contribution in [2.45, 2.75) is 30.9 Å². The monoisotopic (exact) mass is 524 g/mol. The number of nitro groups is 1. The Morgan fingerprint density at radius 3 is 2.58 bits per heavy atom. The molecule has 0 aliphatic carbocycles. The maximum Gasteiger partial charge on any atom is 0.220 e. The number of aromatic nitrogens is 3. The first-order chi connectivity index (χ1) is 17.4. The van der Waals surface area contributed by atoms with E-state index in [2.05, 4.69) is 10.2 Å². The second-order valence-corrected chi connectivity index (χ2v) is 9.69. The average molecular weight is 525 g/mol. The number of methoxy groups -OCH3 is 1. The van der Waals surface area contributed by atoms with Crippen LogP contribution in [-0.4, -0.2) is 33.3 Å². The van der Waals surface area contributed by atoms with Crippen LogP contribution in [0.25, 0.3) is 5.69 Å². The molecule has 0 unspecified atom stereocenters. The fourth-order valence-corrected chi connectivity index (χ4v) is 5.09. The van der Waals surface area contributed by atoms with Gasteiger partial charge < -0.3 is 9.47 Å². The van der Waals surface area contributed by atoms with Crippen LogP contribution in [0, 0.1) is 24.0 Å². The van der Waals surface area contributed by atoms with Gasteiger partial charge in [0.1, 0.15) is 17.7 Å². The molecule has 0 fully saturated rings. The molecule has 10 heteroatoms. The van der Waals surface area contributed by atoms with Crippen molar-refractivity contribution >= 4 is 23.4 Å². The number of thioether (sulfide) groups is 1. The molecule has 36 heavy (non-hydrogen) atoms. The molecule has 8 nitrogen and oxygen atoms in total. The van der Waals surface area contributed by atoms with Crippen LogP contribution in [0.2, 0.25) is 5.02 Å². The summed E-state index contributed by atoms with van der Waals surface area (Å²) < 4.78 is 13.4. The predicted molar refractivity (Wildman–Crippen MR) is 140 cm³/mol. The largest absolute Gasteiger partial charge is 0.493 e. The number of hydrogen-bond donors (Lipinski definition) is 0. The Labute approximate surface area is 218 Å². The third-order valence-electron chi connectivity index (χ3n) is 5.52. The van der Waals surface area contributed by atoms with E-state index < -0.39 is 5.25 Å². The predicted octanol–water partition coefficient (Wildman–Crippen LogP) is 6.24. The van der Waals surface area contributed by atoms with Gasteiger partial charge >= 0.3 is 0 Å². The van der Waals surface area contributed by atoms with Crippen molar-refractivity contribution in [3.05, 3.63) is 104 Å². The maximum absolute atomic E-state index is 11.6. The van der Waals surface area contributed by atoms with Crippen LogP contribution in [0.5, 0.6) is 11.5 Å². The molecule has 186 valence electrons. The maximum atomic E-state index is 11.6. The molecule has 0 aliphatic rings. The molecule has 1 heterocycles. The van der Waals surface area contributed by atoms with Gasteiger partial charge in [-0.1, -0.05) is 59.8 Å². The quantitative estimate of drug-likeness (QED) is 0.138. The van der Waals surface area contributed by atoms with Crippen molar-refractivity contribution in [2.75, 3.05) is 13.7 Å². The summed E-state index contributed by atoms with van der Waals surface area (Å²) in [6.45, 7) is 3.83. The molecule has 3 aromatic carbocycles. The summed E-state index contributed by atoms with van der Waals surface area (Å²) in [6.07, 6.45) is 0. The van der Waals surface area contributed by atoms with Gasteiger partial charge in [0, 0.05) is 21.2 Å². The second kappa shape index (κ2) is 11.5. The summed E-state index contributed by atoms with van der Waals surface area (Å²) in [7, 11) is 1.54. The summed E-state index contributed by atoms with van der Waals surface area (Å²) in [4.78, 5) is 11.2. The molecule has 1 atom stereocenters. The van der Waals surface area contributed by atoms with E-state index in [0.29, 0.717) is 27.5 Å². The van der Waals surface area contributed by atoms with Gasteiger partial charge in [-0.25, -0.2) is 0 Å². The van der Waals surface area contributed by atoms with E-state index in [1.807, 2.05) is 66.9 Å². The van der Waals surface area contributed by atoms with Gasteiger partial charge in [0.25, 0.3) is 0 Å². The minimum absolute atomic E-state index is 0.265. The number of nitrogens with zero attached hydrogens (tertiary/aromatic N) is 4. The SMILES string of the molecule is COc1cc([C@H](C[N+](=O)[O-])Sc2nnc(C)n2-c2cccc(C)c2)ccc1OCc1ccccc1Cl. The Bertz CT molecular complexity index is 1380. The molecule has 0 spiro atoms. The first kappa shape index (κ1) is 25.5. The van der Waals surface area contributed by atoms with E-state index in [9.17, 15) is 10.1 Å². The standard InChI is InChI=1S/C26H25ClN4O4S/c1-17-7-6-9-21(13-17)31-18(2)28-29-26(31)36-25(15-30(32)33)19-11-12-23(24(14-19)34-3)35-16-20-8-4-5-10-22(20)27/h4-14,25H,15-16H2,1-3H3/t25-/m0/s1. The Morgan fingerprint density at radius 2 is 1.86 bits per heavy atom. The zero-order valence-corrected chi connectivity index (χ0v) is 21.6.